The van der Waals surface area contributed by atoms with E-state index >= 15 is 0 Å². The molecule has 3 atom stereocenters. The first-order chi connectivity index (χ1) is 16.8. The van der Waals surface area contributed by atoms with Crippen LogP contribution in [0.25, 0.3) is 0 Å². The van der Waals surface area contributed by atoms with Crippen molar-refractivity contribution in [2.45, 2.75) is 44.3 Å². The van der Waals surface area contributed by atoms with Crippen molar-refractivity contribution in [1.29, 1.82) is 0 Å². The van der Waals surface area contributed by atoms with Gasteiger partial charge in [-0.05, 0) is 65.8 Å². The molecule has 7 nitrogen and oxygen atoms in total. The monoisotopic (exact) mass is 482 g/mol. The fourth-order valence-corrected chi connectivity index (χ4v) is 5.58. The number of Topliss-reactive ketones (excluding diaryl/α,β-unsaturated/α-hetero) is 1. The Morgan fingerprint density at radius 3 is 2.66 bits per heavy atom. The minimum Gasteiger partial charge on any atom is -0.383 e. The summed E-state index contributed by atoms with van der Waals surface area (Å²) in [6.07, 6.45) is 2.32. The number of hydrogen-bond acceptors (Lipinski definition) is 6. The van der Waals surface area contributed by atoms with Crippen LogP contribution in [0.1, 0.15) is 57.9 Å². The van der Waals surface area contributed by atoms with Crippen molar-refractivity contribution < 1.29 is 18.0 Å². The molecular weight excluding hydrogens is 457 g/mol. The van der Waals surface area contributed by atoms with Gasteiger partial charge in [-0.25, -0.2) is 9.97 Å². The molecule has 6 rings (SSSR count). The number of piperidine rings is 1. The molecule has 2 aliphatic carbocycles. The number of carbonyl (C=O) groups excluding carboxylic acids is 1. The largest absolute Gasteiger partial charge is 0.435 e. The molecular formula is C25H25F3N6O. The molecule has 0 radical (unpaired) electrons. The minimum atomic E-state index is -4.73. The second kappa shape index (κ2) is 8.07. The number of anilines is 2. The van der Waals surface area contributed by atoms with Crippen LogP contribution in [0.2, 0.25) is 0 Å². The molecule has 1 saturated heterocycles. The zero-order valence-electron chi connectivity index (χ0n) is 19.0. The van der Waals surface area contributed by atoms with Crippen molar-refractivity contribution in [3.63, 3.8) is 0 Å². The molecule has 3 aromatic rings. The van der Waals surface area contributed by atoms with Gasteiger partial charge in [0.25, 0.3) is 0 Å². The van der Waals surface area contributed by atoms with E-state index in [4.69, 9.17) is 5.73 Å². The van der Waals surface area contributed by atoms with Gasteiger partial charge in [0.05, 0.1) is 12.1 Å². The predicted octanol–water partition coefficient (Wildman–Crippen LogP) is 4.08. The van der Waals surface area contributed by atoms with Crippen LogP contribution in [-0.2, 0) is 19.1 Å². The van der Waals surface area contributed by atoms with E-state index in [1.165, 1.54) is 17.3 Å². The Bertz CT molecular complexity index is 1280. The van der Waals surface area contributed by atoms with E-state index < -0.39 is 23.2 Å². The van der Waals surface area contributed by atoms with Crippen molar-refractivity contribution in [3.05, 3.63) is 64.7 Å². The number of rotatable bonds is 6. The highest BCUT2D eigenvalue weighted by molar-refractivity contribution is 5.97. The molecule has 3 aromatic heterocycles. The van der Waals surface area contributed by atoms with Crippen LogP contribution in [-0.4, -0.2) is 38.6 Å². The average molecular weight is 483 g/mol. The Hall–Kier alpha value is -3.43. The molecule has 2 unspecified atom stereocenters. The number of hydrogen-bond donors (Lipinski definition) is 1. The Balaban J connectivity index is 1.20. The molecule has 0 amide bonds. The zero-order chi connectivity index (χ0) is 24.3. The SMILES string of the molecule is Nc1nccc2c1CC[C@H]2CC(=O)c1cn(Cc2ccc(N3CC4CC4C3)nc2)nc1C(F)(F)F. The summed E-state index contributed by atoms with van der Waals surface area (Å²) < 4.78 is 42.5. The Kier molecular flexibility index (Phi) is 5.08. The van der Waals surface area contributed by atoms with Gasteiger partial charge in [-0.1, -0.05) is 6.07 Å². The lowest BCUT2D eigenvalue weighted by Gasteiger charge is -2.18. The van der Waals surface area contributed by atoms with Crippen molar-refractivity contribution in [3.8, 4) is 0 Å². The molecule has 35 heavy (non-hydrogen) atoms. The van der Waals surface area contributed by atoms with E-state index in [0.29, 0.717) is 18.7 Å². The molecule has 0 spiro atoms. The summed E-state index contributed by atoms with van der Waals surface area (Å²) in [5, 5.41) is 3.75. The lowest BCUT2D eigenvalue weighted by atomic mass is 9.93. The number of aromatic nitrogens is 4. The van der Waals surface area contributed by atoms with E-state index in [-0.39, 0.29) is 18.9 Å². The van der Waals surface area contributed by atoms with E-state index in [9.17, 15) is 18.0 Å². The van der Waals surface area contributed by atoms with Gasteiger partial charge in [-0.2, -0.15) is 18.3 Å². The Labute approximate surface area is 200 Å². The number of nitrogens with zero attached hydrogens (tertiary/aromatic N) is 5. The van der Waals surface area contributed by atoms with Crippen LogP contribution < -0.4 is 10.6 Å². The summed E-state index contributed by atoms with van der Waals surface area (Å²) in [4.78, 5) is 23.9. The van der Waals surface area contributed by atoms with E-state index in [1.807, 2.05) is 12.1 Å². The molecule has 10 heteroatoms. The van der Waals surface area contributed by atoms with Gasteiger partial charge in [0.15, 0.2) is 11.5 Å². The molecule has 1 saturated carbocycles. The van der Waals surface area contributed by atoms with E-state index in [2.05, 4.69) is 20.0 Å². The van der Waals surface area contributed by atoms with Gasteiger partial charge >= 0.3 is 6.18 Å². The van der Waals surface area contributed by atoms with Crippen LogP contribution in [0.15, 0.2) is 36.8 Å². The van der Waals surface area contributed by atoms with Crippen LogP contribution in [0.5, 0.6) is 0 Å². The van der Waals surface area contributed by atoms with Crippen molar-refractivity contribution in [2.75, 3.05) is 23.7 Å². The second-order valence-electron chi connectivity index (χ2n) is 9.90. The number of pyridine rings is 2. The normalized spacial score (nSPS) is 22.8. The van der Waals surface area contributed by atoms with Gasteiger partial charge in [-0.3, -0.25) is 9.48 Å². The highest BCUT2D eigenvalue weighted by Gasteiger charge is 2.45. The number of carbonyl (C=O) groups is 1. The summed E-state index contributed by atoms with van der Waals surface area (Å²) in [5.74, 6) is 2.12. The molecule has 0 aromatic carbocycles. The average Bonchev–Trinajstić information content (AvgIpc) is 3.18. The van der Waals surface area contributed by atoms with Gasteiger partial charge in [0.2, 0.25) is 0 Å². The first-order valence-corrected chi connectivity index (χ1v) is 11.9. The van der Waals surface area contributed by atoms with Crippen LogP contribution in [0, 0.1) is 11.8 Å². The number of ketones is 1. The molecule has 2 fully saturated rings. The summed E-state index contributed by atoms with van der Waals surface area (Å²) in [7, 11) is 0. The Morgan fingerprint density at radius 1 is 1.14 bits per heavy atom. The standard InChI is InChI=1S/C25H25F3N6O/c26-25(27,28)23-20(21(35)8-15-2-3-19-18(15)5-6-30-24(19)29)13-34(32-23)10-14-1-4-22(31-9-14)33-11-16-7-17(16)12-33/h1,4-6,9,13,15-17H,2-3,7-8,10-12H2,(H2,29,30)/t15-,16?,17?/m0/s1. The summed E-state index contributed by atoms with van der Waals surface area (Å²) in [6.45, 7) is 2.14. The highest BCUT2D eigenvalue weighted by Crippen LogP contribution is 2.46. The molecule has 4 heterocycles. The summed E-state index contributed by atoms with van der Waals surface area (Å²) in [5.41, 5.74) is 6.89. The highest BCUT2D eigenvalue weighted by atomic mass is 19.4. The van der Waals surface area contributed by atoms with Gasteiger partial charge in [0, 0.05) is 38.1 Å². The van der Waals surface area contributed by atoms with Crippen molar-refractivity contribution in [1.82, 2.24) is 19.7 Å². The number of nitrogens with two attached hydrogens (primary N) is 1. The van der Waals surface area contributed by atoms with Crippen LogP contribution >= 0.6 is 0 Å². The topological polar surface area (TPSA) is 89.9 Å². The quantitative estimate of drug-likeness (QED) is 0.533. The third-order valence-electron chi connectivity index (χ3n) is 7.53. The second-order valence-corrected chi connectivity index (χ2v) is 9.90. The van der Waals surface area contributed by atoms with E-state index in [1.54, 1.807) is 18.5 Å². The first-order valence-electron chi connectivity index (χ1n) is 11.9. The maximum Gasteiger partial charge on any atom is 0.435 e. The number of fused-ring (bicyclic) bond motifs is 2. The number of alkyl halides is 3. The smallest absolute Gasteiger partial charge is 0.383 e. The lowest BCUT2D eigenvalue weighted by Crippen LogP contribution is -2.22. The number of nitrogen functional groups attached to an aromatic ring is 1. The Morgan fingerprint density at radius 2 is 1.94 bits per heavy atom. The number of halogens is 3. The zero-order valence-corrected chi connectivity index (χ0v) is 19.0. The van der Waals surface area contributed by atoms with Gasteiger partial charge < -0.3 is 10.6 Å². The lowest BCUT2D eigenvalue weighted by molar-refractivity contribution is -0.141. The maximum absolute atomic E-state index is 13.8. The fourth-order valence-electron chi connectivity index (χ4n) is 5.58. The van der Waals surface area contributed by atoms with E-state index in [0.717, 1.165) is 47.4 Å². The maximum atomic E-state index is 13.8. The van der Waals surface area contributed by atoms with Crippen molar-refractivity contribution in [2.24, 2.45) is 11.8 Å². The third kappa shape index (κ3) is 4.15. The van der Waals surface area contributed by atoms with Crippen LogP contribution in [0.3, 0.4) is 0 Å². The minimum absolute atomic E-state index is 0.0285. The molecule has 182 valence electrons. The molecule has 2 N–H and O–H groups in total. The van der Waals surface area contributed by atoms with Crippen molar-refractivity contribution >= 4 is 17.4 Å². The third-order valence-corrected chi connectivity index (χ3v) is 7.53. The van der Waals surface area contributed by atoms with Gasteiger partial charge in [0.1, 0.15) is 11.6 Å². The van der Waals surface area contributed by atoms with Gasteiger partial charge in [-0.15, -0.1) is 0 Å². The first kappa shape index (κ1) is 22.1. The molecule has 1 aliphatic heterocycles. The molecule has 3 aliphatic rings. The molecule has 0 bridgehead atoms. The predicted molar refractivity (Wildman–Crippen MR) is 123 cm³/mol. The summed E-state index contributed by atoms with van der Waals surface area (Å²) >= 11 is 0. The summed E-state index contributed by atoms with van der Waals surface area (Å²) in [6, 6.07) is 5.56. The van der Waals surface area contributed by atoms with Crippen LogP contribution in [0.4, 0.5) is 24.8 Å². The fraction of sp³-hybridized carbons (Fsp3) is 0.440.